The highest BCUT2D eigenvalue weighted by Gasteiger charge is 2.35. The van der Waals surface area contributed by atoms with Gasteiger partial charge in [-0.05, 0) is 31.0 Å². The van der Waals surface area contributed by atoms with Crippen molar-refractivity contribution in [3.63, 3.8) is 0 Å². The number of rotatable bonds is 8. The Balaban J connectivity index is 1.57. The predicted molar refractivity (Wildman–Crippen MR) is 117 cm³/mol. The Labute approximate surface area is 187 Å². The number of phenols is 1. The van der Waals surface area contributed by atoms with Crippen molar-refractivity contribution in [2.45, 2.75) is 18.9 Å². The first-order chi connectivity index (χ1) is 15.4. The number of carbonyl (C=O) groups is 1. The van der Waals surface area contributed by atoms with Crippen molar-refractivity contribution in [3.8, 4) is 28.6 Å². The summed E-state index contributed by atoms with van der Waals surface area (Å²) in [5.41, 5.74) is 0.368. The van der Waals surface area contributed by atoms with Gasteiger partial charge in [0.15, 0.2) is 22.5 Å². The quantitative estimate of drug-likeness (QED) is 0.483. The zero-order chi connectivity index (χ0) is 22.8. The average molecular weight is 461 g/mol. The lowest BCUT2D eigenvalue weighted by Gasteiger charge is -2.32. The number of ether oxygens (including phenoxy) is 3. The molecule has 2 N–H and O–H groups in total. The number of para-hydroxylation sites is 1. The summed E-state index contributed by atoms with van der Waals surface area (Å²) in [5.74, 6) is -0.659. The fraction of sp³-hybridized carbons (Fsp3) is 0.304. The van der Waals surface area contributed by atoms with Crippen LogP contribution in [0.25, 0.3) is 22.3 Å². The number of aromatic hydroxyl groups is 1. The molecule has 1 aliphatic rings. The van der Waals surface area contributed by atoms with E-state index >= 15 is 0 Å². The molecule has 0 saturated heterocycles. The molecule has 32 heavy (non-hydrogen) atoms. The van der Waals surface area contributed by atoms with Crippen LogP contribution in [0.15, 0.2) is 45.6 Å². The van der Waals surface area contributed by atoms with Gasteiger partial charge in [0.2, 0.25) is 0 Å². The number of fused-ring (bicyclic) bond motifs is 1. The van der Waals surface area contributed by atoms with Crippen LogP contribution in [0.2, 0.25) is 5.02 Å². The lowest BCUT2D eigenvalue weighted by atomic mass is 9.82. The van der Waals surface area contributed by atoms with Crippen molar-refractivity contribution < 1.29 is 33.6 Å². The standard InChI is InChI=1S/C23H21ClO8/c1-29-21-9-15(20-10-17(25)14-3-2-4-16(24)22(14)32-20)19(11-18(21)26)31-6-5-30-13-7-12(8-13)23(27)28/h2-4,9-13,26H,5-8H2,1H3,(H,27,28). The topological polar surface area (TPSA) is 115 Å². The summed E-state index contributed by atoms with van der Waals surface area (Å²) in [5, 5.41) is 19.8. The van der Waals surface area contributed by atoms with Crippen molar-refractivity contribution >= 4 is 28.5 Å². The largest absolute Gasteiger partial charge is 0.504 e. The number of carboxylic acid groups (broad SMARTS) is 1. The predicted octanol–water partition coefficient (Wildman–Crippen LogP) is 4.09. The molecule has 0 radical (unpaired) electrons. The highest BCUT2D eigenvalue weighted by molar-refractivity contribution is 6.34. The minimum Gasteiger partial charge on any atom is -0.504 e. The third-order valence-corrected chi connectivity index (χ3v) is 5.69. The summed E-state index contributed by atoms with van der Waals surface area (Å²) < 4.78 is 22.5. The molecule has 0 bridgehead atoms. The first-order valence-corrected chi connectivity index (χ1v) is 10.4. The molecule has 1 fully saturated rings. The van der Waals surface area contributed by atoms with Gasteiger partial charge in [-0.25, -0.2) is 0 Å². The maximum Gasteiger partial charge on any atom is 0.306 e. The molecule has 3 aromatic rings. The molecule has 0 atom stereocenters. The van der Waals surface area contributed by atoms with E-state index in [0.717, 1.165) is 0 Å². The average Bonchev–Trinajstić information content (AvgIpc) is 2.72. The lowest BCUT2D eigenvalue weighted by molar-refractivity contribution is -0.151. The van der Waals surface area contributed by atoms with Gasteiger partial charge in [-0.1, -0.05) is 17.7 Å². The second-order valence-electron chi connectivity index (χ2n) is 7.46. The summed E-state index contributed by atoms with van der Waals surface area (Å²) in [4.78, 5) is 23.5. The third-order valence-electron chi connectivity index (χ3n) is 5.39. The van der Waals surface area contributed by atoms with Crippen LogP contribution in [0.1, 0.15) is 12.8 Å². The molecule has 2 aromatic carbocycles. The van der Waals surface area contributed by atoms with Gasteiger partial charge in [0.05, 0.1) is 41.7 Å². The molecule has 0 spiro atoms. The second kappa shape index (κ2) is 9.10. The molecule has 168 valence electrons. The van der Waals surface area contributed by atoms with Crippen LogP contribution in [0.3, 0.4) is 0 Å². The fourth-order valence-electron chi connectivity index (χ4n) is 3.57. The smallest absolute Gasteiger partial charge is 0.306 e. The Morgan fingerprint density at radius 1 is 1.19 bits per heavy atom. The van der Waals surface area contributed by atoms with E-state index in [1.165, 1.54) is 25.3 Å². The van der Waals surface area contributed by atoms with Gasteiger partial charge >= 0.3 is 5.97 Å². The molecule has 0 amide bonds. The van der Waals surface area contributed by atoms with E-state index in [4.69, 9.17) is 35.3 Å². The molecular formula is C23H21ClO8. The number of benzene rings is 2. The van der Waals surface area contributed by atoms with Crippen molar-refractivity contribution in [1.82, 2.24) is 0 Å². The van der Waals surface area contributed by atoms with Gasteiger partial charge in [0.25, 0.3) is 0 Å². The number of hydrogen-bond donors (Lipinski definition) is 2. The molecular weight excluding hydrogens is 440 g/mol. The maximum absolute atomic E-state index is 12.6. The summed E-state index contributed by atoms with van der Waals surface area (Å²) in [6, 6.07) is 9.12. The molecule has 4 rings (SSSR count). The van der Waals surface area contributed by atoms with E-state index in [0.29, 0.717) is 28.8 Å². The van der Waals surface area contributed by atoms with Crippen molar-refractivity contribution in [1.29, 1.82) is 0 Å². The van der Waals surface area contributed by atoms with Crippen LogP contribution in [0.4, 0.5) is 0 Å². The van der Waals surface area contributed by atoms with Crippen molar-refractivity contribution in [3.05, 3.63) is 51.6 Å². The van der Waals surface area contributed by atoms with Gasteiger partial charge in [-0.2, -0.15) is 0 Å². The summed E-state index contributed by atoms with van der Waals surface area (Å²) >= 11 is 6.21. The molecule has 1 heterocycles. The highest BCUT2D eigenvalue weighted by atomic mass is 35.5. The van der Waals surface area contributed by atoms with E-state index < -0.39 is 5.97 Å². The van der Waals surface area contributed by atoms with Gasteiger partial charge in [0.1, 0.15) is 18.1 Å². The first-order valence-electron chi connectivity index (χ1n) is 9.98. The zero-order valence-corrected chi connectivity index (χ0v) is 17.9. The molecule has 8 nitrogen and oxygen atoms in total. The van der Waals surface area contributed by atoms with Gasteiger partial charge in [-0.3, -0.25) is 9.59 Å². The zero-order valence-electron chi connectivity index (χ0n) is 17.2. The molecule has 1 saturated carbocycles. The van der Waals surface area contributed by atoms with E-state index in [9.17, 15) is 14.7 Å². The van der Waals surface area contributed by atoms with E-state index in [1.54, 1.807) is 18.2 Å². The molecule has 0 unspecified atom stereocenters. The van der Waals surface area contributed by atoms with E-state index in [1.807, 2.05) is 0 Å². The van der Waals surface area contributed by atoms with Gasteiger partial charge in [0, 0.05) is 12.1 Å². The van der Waals surface area contributed by atoms with Crippen LogP contribution in [-0.2, 0) is 9.53 Å². The van der Waals surface area contributed by atoms with E-state index in [2.05, 4.69) is 0 Å². The van der Waals surface area contributed by atoms with E-state index in [-0.39, 0.29) is 59.3 Å². The normalized spacial score (nSPS) is 17.7. The Kier molecular flexibility index (Phi) is 6.25. The fourth-order valence-corrected chi connectivity index (χ4v) is 3.78. The number of phenolic OH excluding ortho intramolecular Hbond substituents is 1. The van der Waals surface area contributed by atoms with Crippen LogP contribution >= 0.6 is 11.6 Å². The van der Waals surface area contributed by atoms with Gasteiger partial charge in [-0.15, -0.1) is 0 Å². The van der Waals surface area contributed by atoms with Gasteiger partial charge < -0.3 is 28.8 Å². The minimum absolute atomic E-state index is 0.107. The Hall–Kier alpha value is -3.23. The lowest BCUT2D eigenvalue weighted by Crippen LogP contribution is -2.37. The highest BCUT2D eigenvalue weighted by Crippen LogP contribution is 2.40. The van der Waals surface area contributed by atoms with Crippen LogP contribution in [0.5, 0.6) is 17.2 Å². The molecule has 1 aromatic heterocycles. The molecule has 1 aliphatic carbocycles. The molecule has 0 aliphatic heterocycles. The second-order valence-corrected chi connectivity index (χ2v) is 7.87. The number of hydrogen-bond acceptors (Lipinski definition) is 7. The minimum atomic E-state index is -0.809. The SMILES string of the molecule is COc1cc(-c2cc(=O)c3cccc(Cl)c3o2)c(OCCOC2CC(C(=O)O)C2)cc1O. The maximum atomic E-state index is 12.6. The van der Waals surface area contributed by atoms with Crippen molar-refractivity contribution in [2.75, 3.05) is 20.3 Å². The molecule has 9 heteroatoms. The first kappa shape index (κ1) is 22.0. The number of aliphatic carboxylic acids is 1. The van der Waals surface area contributed by atoms with Crippen LogP contribution < -0.4 is 14.9 Å². The number of methoxy groups -OCH3 is 1. The monoisotopic (exact) mass is 460 g/mol. The Morgan fingerprint density at radius 2 is 1.97 bits per heavy atom. The van der Waals surface area contributed by atoms with Crippen LogP contribution in [0, 0.1) is 5.92 Å². The summed E-state index contributed by atoms with van der Waals surface area (Å²) in [6.07, 6.45) is 0.851. The summed E-state index contributed by atoms with van der Waals surface area (Å²) in [7, 11) is 1.41. The number of halogens is 1. The Morgan fingerprint density at radius 3 is 2.69 bits per heavy atom. The Bertz CT molecular complexity index is 1210. The van der Waals surface area contributed by atoms with Crippen molar-refractivity contribution in [2.24, 2.45) is 5.92 Å². The number of carboxylic acids is 1. The van der Waals surface area contributed by atoms with Crippen LogP contribution in [-0.4, -0.2) is 42.6 Å². The third kappa shape index (κ3) is 4.37. The summed E-state index contributed by atoms with van der Waals surface area (Å²) in [6.45, 7) is 0.377.